The van der Waals surface area contributed by atoms with Gasteiger partial charge in [0, 0.05) is 32.7 Å². The van der Waals surface area contributed by atoms with E-state index in [-0.39, 0.29) is 30.5 Å². The molecule has 5 rings (SSSR count). The van der Waals surface area contributed by atoms with Crippen molar-refractivity contribution in [1.82, 2.24) is 4.90 Å². The van der Waals surface area contributed by atoms with Crippen molar-refractivity contribution >= 4 is 20.1 Å². The van der Waals surface area contributed by atoms with Crippen LogP contribution in [0.1, 0.15) is 70.6 Å². The predicted molar refractivity (Wildman–Crippen MR) is 204 cm³/mol. The van der Waals surface area contributed by atoms with Crippen LogP contribution in [0.5, 0.6) is 11.5 Å². The van der Waals surface area contributed by atoms with Gasteiger partial charge in [0.15, 0.2) is 0 Å². The van der Waals surface area contributed by atoms with Gasteiger partial charge >= 0.3 is 6.09 Å². The monoisotopic (exact) mass is 718 g/mol. The zero-order chi connectivity index (χ0) is 36.5. The highest BCUT2D eigenvalue weighted by atomic mass is 28.4. The molecule has 51 heavy (non-hydrogen) atoms. The first kappa shape index (κ1) is 38.7. The number of nitrogens with zero attached hydrogens (tertiary/aromatic N) is 2. The largest absolute Gasteiger partial charge is 0.508 e. The molecule has 3 aromatic rings. The van der Waals surface area contributed by atoms with Crippen LogP contribution >= 0.6 is 0 Å². The summed E-state index contributed by atoms with van der Waals surface area (Å²) in [6.07, 6.45) is -0.197. The van der Waals surface area contributed by atoms with Crippen molar-refractivity contribution in [1.29, 1.82) is 0 Å². The van der Waals surface area contributed by atoms with Crippen LogP contribution < -0.4 is 9.64 Å². The molecule has 1 fully saturated rings. The van der Waals surface area contributed by atoms with Crippen LogP contribution in [0.3, 0.4) is 0 Å². The Hall–Kier alpha value is -3.57. The van der Waals surface area contributed by atoms with Crippen molar-refractivity contribution in [3.8, 4) is 11.5 Å². The summed E-state index contributed by atoms with van der Waals surface area (Å²) < 4.78 is 31.6. The molecule has 3 atom stereocenters. The number of hydrogen-bond donors (Lipinski definition) is 1. The zero-order valence-electron chi connectivity index (χ0n) is 31.5. The van der Waals surface area contributed by atoms with Crippen LogP contribution in [0.15, 0.2) is 72.8 Å². The zero-order valence-corrected chi connectivity index (χ0v) is 32.5. The van der Waals surface area contributed by atoms with Crippen LogP contribution in [-0.2, 0) is 31.9 Å². The van der Waals surface area contributed by atoms with E-state index < -0.39 is 14.4 Å². The maximum atomic E-state index is 13.8. The molecule has 1 N–H and O–H groups in total. The average molecular weight is 719 g/mol. The Morgan fingerprint density at radius 1 is 0.882 bits per heavy atom. The van der Waals surface area contributed by atoms with E-state index in [9.17, 15) is 9.90 Å². The van der Waals surface area contributed by atoms with Crippen molar-refractivity contribution in [2.45, 2.75) is 95.9 Å². The molecule has 0 aromatic heterocycles. The van der Waals surface area contributed by atoms with Gasteiger partial charge in [-0.15, -0.1) is 0 Å². The van der Waals surface area contributed by atoms with Crippen LogP contribution in [-0.4, -0.2) is 83.1 Å². The van der Waals surface area contributed by atoms with Crippen molar-refractivity contribution in [2.75, 3.05) is 51.4 Å². The minimum Gasteiger partial charge on any atom is -0.508 e. The fourth-order valence-corrected chi connectivity index (χ4v) is 13.8. The van der Waals surface area contributed by atoms with Gasteiger partial charge in [-0.05, 0) is 64.0 Å². The number of hydrogen-bond acceptors (Lipinski definition) is 8. The molecule has 0 bridgehead atoms. The molecule has 0 radical (unpaired) electrons. The Morgan fingerprint density at radius 2 is 1.57 bits per heavy atom. The molecular formula is C41H58N2O7Si. The van der Waals surface area contributed by atoms with Crippen molar-refractivity contribution in [2.24, 2.45) is 0 Å². The lowest BCUT2D eigenvalue weighted by Crippen LogP contribution is -2.59. The van der Waals surface area contributed by atoms with E-state index in [4.69, 9.17) is 23.4 Å². The summed E-state index contributed by atoms with van der Waals surface area (Å²) in [5, 5.41) is 10.3. The lowest BCUT2D eigenvalue weighted by atomic mass is 9.84. The SMILES string of the molecule is COCCCN1CCOc2ccc(COC3CN(C(=O)OCc4ccccc4)CC(O[Si](C(C)C)(C(C)C)C(C)C)C3c3ccc(O)cc3)cc21. The number of phenols is 1. The van der Waals surface area contributed by atoms with Gasteiger partial charge in [0.2, 0.25) is 8.32 Å². The highest BCUT2D eigenvalue weighted by Gasteiger charge is 2.51. The van der Waals surface area contributed by atoms with E-state index in [1.165, 1.54) is 0 Å². The number of rotatable bonds is 15. The second-order valence-corrected chi connectivity index (χ2v) is 20.3. The van der Waals surface area contributed by atoms with Gasteiger partial charge in [-0.25, -0.2) is 4.79 Å². The van der Waals surface area contributed by atoms with Gasteiger partial charge in [-0.1, -0.05) is 90.1 Å². The van der Waals surface area contributed by atoms with Gasteiger partial charge in [0.1, 0.15) is 24.7 Å². The average Bonchev–Trinajstić information content (AvgIpc) is 3.12. The van der Waals surface area contributed by atoms with E-state index in [0.29, 0.717) is 49.5 Å². The van der Waals surface area contributed by atoms with E-state index in [0.717, 1.165) is 47.6 Å². The Bertz CT molecular complexity index is 1510. The summed E-state index contributed by atoms with van der Waals surface area (Å²) in [4.78, 5) is 18.0. The molecule has 0 aliphatic carbocycles. The summed E-state index contributed by atoms with van der Waals surface area (Å²) in [6.45, 7) is 18.0. The Labute approximate surface area is 305 Å². The van der Waals surface area contributed by atoms with Crippen LogP contribution in [0.25, 0.3) is 0 Å². The number of carbonyl (C=O) groups excluding carboxylic acids is 1. The molecule has 0 saturated carbocycles. The first-order valence-corrected chi connectivity index (χ1v) is 20.7. The minimum atomic E-state index is -2.40. The normalized spacial score (nSPS) is 19.4. The topological polar surface area (TPSA) is 89.9 Å². The number of carbonyl (C=O) groups is 1. The highest BCUT2D eigenvalue weighted by molar-refractivity contribution is 6.77. The number of aromatic hydroxyl groups is 1. The second kappa shape index (κ2) is 17.8. The number of likely N-dealkylation sites (tertiary alicyclic amines) is 1. The Morgan fingerprint density at radius 3 is 2.24 bits per heavy atom. The maximum absolute atomic E-state index is 13.8. The van der Waals surface area contributed by atoms with E-state index >= 15 is 0 Å². The number of methoxy groups -OCH3 is 1. The number of amides is 1. The molecule has 3 aromatic carbocycles. The van der Waals surface area contributed by atoms with Gasteiger partial charge in [0.05, 0.1) is 37.6 Å². The molecule has 9 nitrogen and oxygen atoms in total. The summed E-state index contributed by atoms with van der Waals surface area (Å²) in [5.74, 6) is 0.899. The number of piperidine rings is 1. The third-order valence-electron chi connectivity index (χ3n) is 10.6. The van der Waals surface area contributed by atoms with Gasteiger partial charge < -0.3 is 38.3 Å². The molecular weight excluding hydrogens is 661 g/mol. The molecule has 2 heterocycles. The Balaban J connectivity index is 1.47. The van der Waals surface area contributed by atoms with E-state index in [2.05, 4.69) is 58.6 Å². The van der Waals surface area contributed by atoms with Gasteiger partial charge in [0.25, 0.3) is 0 Å². The summed E-state index contributed by atoms with van der Waals surface area (Å²) in [5.41, 5.74) is 5.08. The van der Waals surface area contributed by atoms with Crippen LogP contribution in [0.2, 0.25) is 16.6 Å². The molecule has 2 aliphatic rings. The lowest BCUT2D eigenvalue weighted by molar-refractivity contribution is -0.0663. The van der Waals surface area contributed by atoms with E-state index in [1.807, 2.05) is 48.5 Å². The van der Waals surface area contributed by atoms with Gasteiger partial charge in [-0.2, -0.15) is 0 Å². The molecule has 3 unspecified atom stereocenters. The van der Waals surface area contributed by atoms with Gasteiger partial charge in [-0.3, -0.25) is 0 Å². The van der Waals surface area contributed by atoms with Crippen LogP contribution in [0, 0.1) is 0 Å². The molecule has 2 aliphatic heterocycles. The third kappa shape index (κ3) is 9.27. The third-order valence-corrected chi connectivity index (χ3v) is 16.8. The van der Waals surface area contributed by atoms with Crippen molar-refractivity contribution in [3.63, 3.8) is 0 Å². The molecule has 0 spiro atoms. The number of fused-ring (bicyclic) bond motifs is 1. The standard InChI is InChI=1S/C41H58N2O7Si/c1-29(2)51(30(3)4,31(5)6)50-39-26-43(41(45)49-27-32-12-9-8-10-13-32)25-38(40(39)34-15-17-35(44)18-16-34)48-28-33-14-19-37-36(24-33)42(21-23-47-37)20-11-22-46-7/h8-10,12-19,24,29-31,38-40,44H,11,20-23,25-28H2,1-7H3. The van der Waals surface area contributed by atoms with Crippen LogP contribution in [0.4, 0.5) is 10.5 Å². The fraction of sp³-hybridized carbons (Fsp3) is 0.537. The first-order chi connectivity index (χ1) is 24.5. The number of ether oxygens (including phenoxy) is 4. The number of benzene rings is 3. The molecule has 10 heteroatoms. The number of phenolic OH excluding ortho intramolecular Hbond substituents is 1. The molecule has 1 saturated heterocycles. The van der Waals surface area contributed by atoms with Crippen molar-refractivity contribution in [3.05, 3.63) is 89.5 Å². The van der Waals surface area contributed by atoms with E-state index in [1.54, 1.807) is 24.1 Å². The predicted octanol–water partition coefficient (Wildman–Crippen LogP) is 8.51. The number of anilines is 1. The quantitative estimate of drug-likeness (QED) is 0.124. The highest BCUT2D eigenvalue weighted by Crippen LogP contribution is 2.46. The summed E-state index contributed by atoms with van der Waals surface area (Å²) in [6, 6.07) is 23.4. The van der Waals surface area contributed by atoms with Crippen molar-refractivity contribution < 1.29 is 33.3 Å². The first-order valence-electron chi connectivity index (χ1n) is 18.6. The summed E-state index contributed by atoms with van der Waals surface area (Å²) in [7, 11) is -0.671. The minimum absolute atomic E-state index is 0.182. The smallest absolute Gasteiger partial charge is 0.410 e. The maximum Gasteiger partial charge on any atom is 0.410 e. The Kier molecular flexibility index (Phi) is 13.5. The second-order valence-electron chi connectivity index (χ2n) is 14.9. The molecule has 278 valence electrons. The fourth-order valence-electron chi connectivity index (χ4n) is 8.24. The summed E-state index contributed by atoms with van der Waals surface area (Å²) >= 11 is 0. The lowest BCUT2D eigenvalue weighted by Gasteiger charge is -2.50. The molecule has 1 amide bonds.